The Hall–Kier alpha value is -0.0800. The molecule has 0 saturated heterocycles. The largest absolute Gasteiger partial charge is 0.330 e. The van der Waals surface area contributed by atoms with Crippen LogP contribution in [0.4, 0.5) is 0 Å². The Balaban J connectivity index is 2.14. The molecule has 0 aromatic carbocycles. The topological polar surface area (TPSA) is 38.0 Å². The number of nitrogens with two attached hydrogens (primary N) is 1. The smallest absolute Gasteiger partial charge is 0.00388 e. The highest BCUT2D eigenvalue weighted by atomic mass is 14.9. The lowest BCUT2D eigenvalue weighted by atomic mass is 9.79. The van der Waals surface area contributed by atoms with E-state index >= 15 is 0 Å². The third kappa shape index (κ3) is 5.87. The second kappa shape index (κ2) is 8.93. The maximum atomic E-state index is 5.87. The van der Waals surface area contributed by atoms with Crippen molar-refractivity contribution in [3.05, 3.63) is 0 Å². The van der Waals surface area contributed by atoms with Gasteiger partial charge in [0.2, 0.25) is 0 Å². The SMILES string of the molecule is CCCCCC(C)NCC1CCCCC1CN. The Morgan fingerprint density at radius 2 is 1.88 bits per heavy atom. The summed E-state index contributed by atoms with van der Waals surface area (Å²) in [6.07, 6.45) is 10.9. The summed E-state index contributed by atoms with van der Waals surface area (Å²) in [5, 5.41) is 3.72. The summed E-state index contributed by atoms with van der Waals surface area (Å²) in [5.74, 6) is 1.61. The first-order valence-electron chi connectivity index (χ1n) is 7.71. The summed E-state index contributed by atoms with van der Waals surface area (Å²) in [6.45, 7) is 6.67. The minimum atomic E-state index is 0.682. The van der Waals surface area contributed by atoms with Crippen LogP contribution >= 0.6 is 0 Å². The molecule has 1 rings (SSSR count). The summed E-state index contributed by atoms with van der Waals surface area (Å²) in [5.41, 5.74) is 5.87. The first-order chi connectivity index (χ1) is 8.27. The Kier molecular flexibility index (Phi) is 7.87. The molecule has 0 aliphatic heterocycles. The summed E-state index contributed by atoms with van der Waals surface area (Å²) in [4.78, 5) is 0. The molecule has 102 valence electrons. The molecule has 3 unspecified atom stereocenters. The van der Waals surface area contributed by atoms with Gasteiger partial charge in [0.25, 0.3) is 0 Å². The van der Waals surface area contributed by atoms with E-state index in [1.54, 1.807) is 0 Å². The van der Waals surface area contributed by atoms with Gasteiger partial charge in [-0.2, -0.15) is 0 Å². The highest BCUT2D eigenvalue weighted by Crippen LogP contribution is 2.28. The minimum Gasteiger partial charge on any atom is -0.330 e. The van der Waals surface area contributed by atoms with Crippen molar-refractivity contribution in [2.24, 2.45) is 17.6 Å². The van der Waals surface area contributed by atoms with E-state index in [4.69, 9.17) is 5.73 Å². The molecule has 0 spiro atoms. The molecule has 3 atom stereocenters. The van der Waals surface area contributed by atoms with Crippen LogP contribution in [-0.4, -0.2) is 19.1 Å². The van der Waals surface area contributed by atoms with Crippen molar-refractivity contribution < 1.29 is 0 Å². The van der Waals surface area contributed by atoms with Crippen molar-refractivity contribution in [3.63, 3.8) is 0 Å². The molecule has 3 N–H and O–H groups in total. The van der Waals surface area contributed by atoms with Crippen molar-refractivity contribution in [2.45, 2.75) is 71.3 Å². The van der Waals surface area contributed by atoms with Crippen LogP contribution in [-0.2, 0) is 0 Å². The Bertz CT molecular complexity index is 182. The van der Waals surface area contributed by atoms with Crippen molar-refractivity contribution in [1.82, 2.24) is 5.32 Å². The van der Waals surface area contributed by atoms with Crippen LogP contribution in [0.1, 0.15) is 65.2 Å². The quantitative estimate of drug-likeness (QED) is 0.639. The highest BCUT2D eigenvalue weighted by Gasteiger charge is 2.23. The summed E-state index contributed by atoms with van der Waals surface area (Å²) >= 11 is 0. The van der Waals surface area contributed by atoms with Crippen LogP contribution in [0.3, 0.4) is 0 Å². The zero-order valence-electron chi connectivity index (χ0n) is 11.9. The molecule has 2 nitrogen and oxygen atoms in total. The van der Waals surface area contributed by atoms with Gasteiger partial charge < -0.3 is 11.1 Å². The number of unbranched alkanes of at least 4 members (excludes halogenated alkanes) is 2. The van der Waals surface area contributed by atoms with E-state index in [1.165, 1.54) is 57.9 Å². The zero-order valence-corrected chi connectivity index (χ0v) is 11.9. The Morgan fingerprint density at radius 1 is 1.18 bits per heavy atom. The van der Waals surface area contributed by atoms with Gasteiger partial charge in [-0.15, -0.1) is 0 Å². The van der Waals surface area contributed by atoms with Gasteiger partial charge in [0.05, 0.1) is 0 Å². The van der Waals surface area contributed by atoms with Crippen molar-refractivity contribution in [3.8, 4) is 0 Å². The first kappa shape index (κ1) is 15.0. The lowest BCUT2D eigenvalue weighted by molar-refractivity contribution is 0.229. The summed E-state index contributed by atoms with van der Waals surface area (Å²) in [6, 6.07) is 0.682. The molecule has 0 amide bonds. The fourth-order valence-corrected chi connectivity index (χ4v) is 3.02. The van der Waals surface area contributed by atoms with Crippen molar-refractivity contribution in [1.29, 1.82) is 0 Å². The van der Waals surface area contributed by atoms with Crippen molar-refractivity contribution >= 4 is 0 Å². The second-order valence-electron chi connectivity index (χ2n) is 5.85. The molecule has 2 heteroatoms. The molecule has 0 heterocycles. The molecule has 0 radical (unpaired) electrons. The average molecular weight is 240 g/mol. The highest BCUT2D eigenvalue weighted by molar-refractivity contribution is 4.78. The Morgan fingerprint density at radius 3 is 2.53 bits per heavy atom. The molecular weight excluding hydrogens is 208 g/mol. The van der Waals surface area contributed by atoms with Crippen LogP contribution in [0, 0.1) is 11.8 Å². The van der Waals surface area contributed by atoms with Crippen LogP contribution in [0.5, 0.6) is 0 Å². The van der Waals surface area contributed by atoms with Crippen LogP contribution < -0.4 is 11.1 Å². The fourth-order valence-electron chi connectivity index (χ4n) is 3.02. The van der Waals surface area contributed by atoms with Gasteiger partial charge in [-0.25, -0.2) is 0 Å². The average Bonchev–Trinajstić information content (AvgIpc) is 2.37. The number of nitrogens with one attached hydrogen (secondary N) is 1. The molecule has 17 heavy (non-hydrogen) atoms. The third-order valence-electron chi connectivity index (χ3n) is 4.34. The van der Waals surface area contributed by atoms with E-state index in [-0.39, 0.29) is 0 Å². The summed E-state index contributed by atoms with van der Waals surface area (Å²) in [7, 11) is 0. The molecule has 1 fully saturated rings. The molecule has 1 saturated carbocycles. The number of rotatable bonds is 8. The lowest BCUT2D eigenvalue weighted by Crippen LogP contribution is -2.37. The fraction of sp³-hybridized carbons (Fsp3) is 1.00. The number of hydrogen-bond acceptors (Lipinski definition) is 2. The van der Waals surface area contributed by atoms with E-state index in [2.05, 4.69) is 19.2 Å². The predicted molar refractivity (Wildman–Crippen MR) is 76.1 cm³/mol. The van der Waals surface area contributed by atoms with Crippen LogP contribution in [0.25, 0.3) is 0 Å². The Labute approximate surface area is 108 Å². The van der Waals surface area contributed by atoms with Gasteiger partial charge in [-0.05, 0) is 51.1 Å². The van der Waals surface area contributed by atoms with Crippen molar-refractivity contribution in [2.75, 3.05) is 13.1 Å². The maximum Gasteiger partial charge on any atom is 0.00388 e. The molecule has 0 aromatic heterocycles. The molecule has 1 aliphatic carbocycles. The standard InChI is InChI=1S/C15H32N2/c1-3-4-5-8-13(2)17-12-15-10-7-6-9-14(15)11-16/h13-15,17H,3-12,16H2,1-2H3. The van der Waals surface area contributed by atoms with E-state index in [0.717, 1.165) is 18.4 Å². The monoisotopic (exact) mass is 240 g/mol. The minimum absolute atomic E-state index is 0.682. The van der Waals surface area contributed by atoms with Gasteiger partial charge in [0.15, 0.2) is 0 Å². The van der Waals surface area contributed by atoms with Gasteiger partial charge in [-0.1, -0.05) is 39.0 Å². The third-order valence-corrected chi connectivity index (χ3v) is 4.34. The lowest BCUT2D eigenvalue weighted by Gasteiger charge is -2.31. The van der Waals surface area contributed by atoms with E-state index in [1.807, 2.05) is 0 Å². The molecule has 1 aliphatic rings. The van der Waals surface area contributed by atoms with Gasteiger partial charge in [-0.3, -0.25) is 0 Å². The molecule has 0 bridgehead atoms. The first-order valence-corrected chi connectivity index (χ1v) is 7.71. The maximum absolute atomic E-state index is 5.87. The van der Waals surface area contributed by atoms with E-state index in [0.29, 0.717) is 6.04 Å². The second-order valence-corrected chi connectivity index (χ2v) is 5.85. The summed E-state index contributed by atoms with van der Waals surface area (Å²) < 4.78 is 0. The molecule has 0 aromatic rings. The normalized spacial score (nSPS) is 27.0. The number of hydrogen-bond donors (Lipinski definition) is 2. The van der Waals surface area contributed by atoms with Gasteiger partial charge in [0.1, 0.15) is 0 Å². The van der Waals surface area contributed by atoms with E-state index < -0.39 is 0 Å². The van der Waals surface area contributed by atoms with Gasteiger partial charge >= 0.3 is 0 Å². The predicted octanol–water partition coefficient (Wildman–Crippen LogP) is 3.31. The van der Waals surface area contributed by atoms with Crippen LogP contribution in [0.15, 0.2) is 0 Å². The van der Waals surface area contributed by atoms with E-state index in [9.17, 15) is 0 Å². The molecular formula is C15H32N2. The van der Waals surface area contributed by atoms with Gasteiger partial charge in [0, 0.05) is 6.04 Å². The zero-order chi connectivity index (χ0) is 12.5. The van der Waals surface area contributed by atoms with Crippen LogP contribution in [0.2, 0.25) is 0 Å².